The van der Waals surface area contributed by atoms with Crippen LogP contribution in [0.4, 0.5) is 18.9 Å². The van der Waals surface area contributed by atoms with Crippen molar-refractivity contribution < 1.29 is 22.7 Å². The second-order valence-electron chi connectivity index (χ2n) is 9.10. The Kier molecular flexibility index (Phi) is 8.51. The average Bonchev–Trinajstić information content (AvgIpc) is 2.83. The van der Waals surface area contributed by atoms with Crippen molar-refractivity contribution in [2.45, 2.75) is 51.1 Å². The lowest BCUT2D eigenvalue weighted by Gasteiger charge is -2.36. The molecule has 0 saturated carbocycles. The largest absolute Gasteiger partial charge is 0.462 e. The third kappa shape index (κ3) is 7.13. The fraction of sp³-hybridized carbons (Fsp3) is 0.333. The third-order valence-electron chi connectivity index (χ3n) is 5.93. The topological polar surface area (TPSA) is 54.5 Å². The van der Waals surface area contributed by atoms with Crippen LogP contribution in [0.25, 0.3) is 0 Å². The predicted octanol–water partition coefficient (Wildman–Crippen LogP) is 6.16. The van der Waals surface area contributed by atoms with Crippen molar-refractivity contribution in [1.82, 2.24) is 10.3 Å². The molecule has 3 aromatic rings. The summed E-state index contributed by atoms with van der Waals surface area (Å²) in [7, 11) is 1.96. The Bertz CT molecular complexity index is 1140. The number of benzene rings is 2. The Morgan fingerprint density at radius 2 is 1.69 bits per heavy atom. The molecule has 0 bridgehead atoms. The van der Waals surface area contributed by atoms with Crippen LogP contribution in [0.2, 0.25) is 5.02 Å². The van der Waals surface area contributed by atoms with E-state index in [4.69, 9.17) is 16.3 Å². The zero-order valence-electron chi connectivity index (χ0n) is 20.5. The summed E-state index contributed by atoms with van der Waals surface area (Å²) < 4.78 is 44.1. The summed E-state index contributed by atoms with van der Waals surface area (Å²) in [5.74, 6) is -0.491. The lowest BCUT2D eigenvalue weighted by atomic mass is 9.97. The maximum atomic E-state index is 13.2. The number of para-hydroxylation sites is 1. The third-order valence-corrected chi connectivity index (χ3v) is 6.18. The molecular formula is C27H29ClF3N3O2. The van der Waals surface area contributed by atoms with E-state index in [1.165, 1.54) is 0 Å². The summed E-state index contributed by atoms with van der Waals surface area (Å²) in [6, 6.07) is 18.9. The Morgan fingerprint density at radius 1 is 1.06 bits per heavy atom. The molecule has 0 aliphatic rings. The van der Waals surface area contributed by atoms with E-state index < -0.39 is 23.2 Å². The van der Waals surface area contributed by atoms with Crippen molar-refractivity contribution in [3.05, 3.63) is 89.1 Å². The number of ether oxygens (including phenoxy) is 1. The molecule has 9 heteroatoms. The molecule has 36 heavy (non-hydrogen) atoms. The lowest BCUT2D eigenvalue weighted by Crippen LogP contribution is -2.56. The molecule has 0 saturated heterocycles. The number of nitrogens with one attached hydrogen (secondary N) is 1. The molecule has 1 heterocycles. The summed E-state index contributed by atoms with van der Waals surface area (Å²) in [4.78, 5) is 19.0. The monoisotopic (exact) mass is 519 g/mol. The number of hydrogen-bond acceptors (Lipinski definition) is 4. The van der Waals surface area contributed by atoms with Gasteiger partial charge in [0.05, 0.1) is 11.6 Å². The zero-order chi connectivity index (χ0) is 26.5. The average molecular weight is 520 g/mol. The van der Waals surface area contributed by atoms with Gasteiger partial charge in [-0.1, -0.05) is 41.9 Å². The standard InChI is InChI=1S/C27H29ClF3N3O2/c1-18(33-25(35)26(2,3)36-24-15-12-20(17-32-24)27(29,30)31)23(16-19-10-13-21(28)14-11-19)34(4)22-8-6-5-7-9-22/h5-15,17-18,23H,16H2,1-4H3,(H,33,35). The van der Waals surface area contributed by atoms with Gasteiger partial charge in [-0.25, -0.2) is 4.98 Å². The maximum absolute atomic E-state index is 13.2. The second kappa shape index (κ2) is 11.2. The van der Waals surface area contributed by atoms with E-state index in [0.717, 1.165) is 23.4 Å². The highest BCUT2D eigenvalue weighted by molar-refractivity contribution is 6.30. The van der Waals surface area contributed by atoms with Crippen molar-refractivity contribution in [2.75, 3.05) is 11.9 Å². The number of amides is 1. The molecule has 2 unspecified atom stereocenters. The minimum absolute atomic E-state index is 0.0741. The molecule has 2 atom stereocenters. The molecule has 0 spiro atoms. The van der Waals surface area contributed by atoms with Crippen LogP contribution in [-0.4, -0.2) is 35.6 Å². The van der Waals surface area contributed by atoms with Gasteiger partial charge in [-0.15, -0.1) is 0 Å². The van der Waals surface area contributed by atoms with Gasteiger partial charge in [0, 0.05) is 36.1 Å². The van der Waals surface area contributed by atoms with Crippen LogP contribution in [0.3, 0.4) is 0 Å². The molecule has 0 aliphatic heterocycles. The van der Waals surface area contributed by atoms with Crippen LogP contribution >= 0.6 is 11.6 Å². The first-order chi connectivity index (χ1) is 16.9. The van der Waals surface area contributed by atoms with E-state index in [-0.39, 0.29) is 18.0 Å². The number of rotatable bonds is 9. The molecule has 1 aromatic heterocycles. The normalized spacial score (nSPS) is 13.6. The number of likely N-dealkylation sites (N-methyl/N-ethyl adjacent to an activating group) is 1. The molecule has 3 rings (SSSR count). The smallest absolute Gasteiger partial charge is 0.417 e. The number of hydrogen-bond donors (Lipinski definition) is 1. The molecule has 2 aromatic carbocycles. The first kappa shape index (κ1) is 27.3. The number of anilines is 1. The molecule has 192 valence electrons. The first-order valence-electron chi connectivity index (χ1n) is 11.4. The fourth-order valence-electron chi connectivity index (χ4n) is 3.76. The predicted molar refractivity (Wildman–Crippen MR) is 135 cm³/mol. The molecule has 5 nitrogen and oxygen atoms in total. The minimum Gasteiger partial charge on any atom is -0.462 e. The van der Waals surface area contributed by atoms with Crippen LogP contribution in [-0.2, 0) is 17.4 Å². The Morgan fingerprint density at radius 3 is 2.25 bits per heavy atom. The molecule has 1 N–H and O–H groups in total. The Labute approximate surface area is 214 Å². The molecule has 0 aliphatic carbocycles. The highest BCUT2D eigenvalue weighted by Gasteiger charge is 2.35. The minimum atomic E-state index is -4.50. The van der Waals surface area contributed by atoms with Crippen LogP contribution in [0, 0.1) is 0 Å². The Hall–Kier alpha value is -3.26. The number of aromatic nitrogens is 1. The highest BCUT2D eigenvalue weighted by Crippen LogP contribution is 2.30. The molecule has 0 fully saturated rings. The summed E-state index contributed by atoms with van der Waals surface area (Å²) in [5, 5.41) is 3.66. The zero-order valence-corrected chi connectivity index (χ0v) is 21.3. The number of carbonyl (C=O) groups is 1. The number of carbonyl (C=O) groups excluding carboxylic acids is 1. The van der Waals surface area contributed by atoms with Crippen LogP contribution < -0.4 is 15.0 Å². The first-order valence-corrected chi connectivity index (χ1v) is 11.8. The SMILES string of the molecule is CC(NC(=O)C(C)(C)Oc1ccc(C(F)(F)F)cn1)C(Cc1ccc(Cl)cc1)N(C)c1ccccc1. The molecule has 0 radical (unpaired) electrons. The van der Waals surface area contributed by atoms with Gasteiger partial charge in [-0.2, -0.15) is 13.2 Å². The number of halogens is 4. The summed E-state index contributed by atoms with van der Waals surface area (Å²) in [6.07, 6.45) is -3.19. The lowest BCUT2D eigenvalue weighted by molar-refractivity contribution is -0.138. The molecule has 1 amide bonds. The quantitative estimate of drug-likeness (QED) is 0.367. The van der Waals surface area contributed by atoms with Gasteiger partial charge in [0.25, 0.3) is 5.91 Å². The van der Waals surface area contributed by atoms with Gasteiger partial charge in [0.2, 0.25) is 5.88 Å². The summed E-state index contributed by atoms with van der Waals surface area (Å²) in [5.41, 5.74) is -0.226. The van der Waals surface area contributed by atoms with Gasteiger partial charge < -0.3 is 15.0 Å². The van der Waals surface area contributed by atoms with Crippen molar-refractivity contribution in [1.29, 1.82) is 0 Å². The van der Waals surface area contributed by atoms with Crippen molar-refractivity contribution in [3.8, 4) is 5.88 Å². The van der Waals surface area contributed by atoms with Crippen LogP contribution in [0.5, 0.6) is 5.88 Å². The van der Waals surface area contributed by atoms with Crippen LogP contribution in [0.1, 0.15) is 31.9 Å². The number of alkyl halides is 3. The summed E-state index contributed by atoms with van der Waals surface area (Å²) in [6.45, 7) is 5.00. The van der Waals surface area contributed by atoms with Gasteiger partial charge in [0.15, 0.2) is 5.60 Å². The summed E-state index contributed by atoms with van der Waals surface area (Å²) >= 11 is 6.04. The fourth-order valence-corrected chi connectivity index (χ4v) is 3.88. The van der Waals surface area contributed by atoms with E-state index in [1.807, 2.05) is 68.6 Å². The molecular weight excluding hydrogens is 491 g/mol. The van der Waals surface area contributed by atoms with Crippen molar-refractivity contribution in [2.24, 2.45) is 0 Å². The van der Waals surface area contributed by atoms with E-state index in [2.05, 4.69) is 15.2 Å². The van der Waals surface area contributed by atoms with Gasteiger partial charge >= 0.3 is 6.18 Å². The Balaban J connectivity index is 1.76. The maximum Gasteiger partial charge on any atom is 0.417 e. The van der Waals surface area contributed by atoms with Crippen LogP contribution in [0.15, 0.2) is 72.9 Å². The number of pyridine rings is 1. The van der Waals surface area contributed by atoms with E-state index in [9.17, 15) is 18.0 Å². The second-order valence-corrected chi connectivity index (χ2v) is 9.54. The van der Waals surface area contributed by atoms with Gasteiger partial charge in [0.1, 0.15) is 0 Å². The van der Waals surface area contributed by atoms with Gasteiger partial charge in [-0.05, 0) is 63.1 Å². The highest BCUT2D eigenvalue weighted by atomic mass is 35.5. The van der Waals surface area contributed by atoms with E-state index in [1.54, 1.807) is 13.8 Å². The van der Waals surface area contributed by atoms with Crippen molar-refractivity contribution >= 4 is 23.2 Å². The van der Waals surface area contributed by atoms with Gasteiger partial charge in [-0.3, -0.25) is 4.79 Å². The number of nitrogens with zero attached hydrogens (tertiary/aromatic N) is 2. The van der Waals surface area contributed by atoms with E-state index in [0.29, 0.717) is 17.6 Å². The van der Waals surface area contributed by atoms with E-state index >= 15 is 0 Å². The van der Waals surface area contributed by atoms with Crippen molar-refractivity contribution in [3.63, 3.8) is 0 Å².